The number of guanidine groups is 1. The normalized spacial score (nSPS) is 13.8. The molecule has 0 aliphatic rings. The number of aliphatic carboxylic acids is 2. The largest absolute Gasteiger partial charge is 0.481 e. The Kier molecular flexibility index (Phi) is 11.8. The molecule has 1 heterocycles. The number of nitrogens with one attached hydrogen (secondary N) is 4. The van der Waals surface area contributed by atoms with Gasteiger partial charge in [-0.15, -0.1) is 0 Å². The van der Waals surface area contributed by atoms with E-state index in [1.54, 1.807) is 30.5 Å². The molecule has 2 rings (SSSR count). The lowest BCUT2D eigenvalue weighted by Gasteiger charge is -2.24. The summed E-state index contributed by atoms with van der Waals surface area (Å²) in [5.41, 5.74) is 17.4. The number of rotatable bonds is 16. The number of amides is 3. The maximum absolute atomic E-state index is 13.3. The number of aromatic amines is 1. The number of hydrogen-bond acceptors (Lipinski definition) is 8. The van der Waals surface area contributed by atoms with E-state index in [0.29, 0.717) is 5.56 Å². The van der Waals surface area contributed by atoms with E-state index in [2.05, 4.69) is 25.9 Å². The minimum absolute atomic E-state index is 0.0115. The van der Waals surface area contributed by atoms with Crippen molar-refractivity contribution in [3.8, 4) is 0 Å². The van der Waals surface area contributed by atoms with Crippen LogP contribution in [0.15, 0.2) is 35.5 Å². The van der Waals surface area contributed by atoms with Crippen molar-refractivity contribution in [2.24, 2.45) is 22.2 Å². The number of carbonyl (C=O) groups excluding carboxylic acids is 3. The van der Waals surface area contributed by atoms with Gasteiger partial charge in [0.15, 0.2) is 5.96 Å². The fourth-order valence-electron chi connectivity index (χ4n) is 3.79. The number of hydrogen-bond donors (Lipinski definition) is 10. The first kappa shape index (κ1) is 31.5. The molecule has 40 heavy (non-hydrogen) atoms. The lowest BCUT2D eigenvalue weighted by Crippen LogP contribution is -2.58. The van der Waals surface area contributed by atoms with Crippen molar-refractivity contribution in [2.75, 3.05) is 13.2 Å². The number of aliphatic hydroxyl groups excluding tert-OH is 1. The molecule has 0 radical (unpaired) electrons. The lowest BCUT2D eigenvalue weighted by atomic mass is 10.0. The molecular weight excluding hydrogens is 528 g/mol. The maximum atomic E-state index is 13.3. The van der Waals surface area contributed by atoms with Crippen LogP contribution in [0.25, 0.3) is 10.9 Å². The number of para-hydroxylation sites is 1. The van der Waals surface area contributed by atoms with Crippen LogP contribution < -0.4 is 33.2 Å². The Morgan fingerprint density at radius 1 is 0.925 bits per heavy atom. The van der Waals surface area contributed by atoms with Gasteiger partial charge in [0, 0.05) is 30.1 Å². The zero-order valence-corrected chi connectivity index (χ0v) is 21.5. The number of H-pyrrole nitrogens is 1. The molecule has 16 nitrogen and oxygen atoms in total. The highest BCUT2D eigenvalue weighted by Gasteiger charge is 2.31. The second kappa shape index (κ2) is 15.0. The Morgan fingerprint density at radius 3 is 2.17 bits per heavy atom. The first-order chi connectivity index (χ1) is 18.9. The molecule has 16 heteroatoms. The smallest absolute Gasteiger partial charge is 0.326 e. The Bertz CT molecular complexity index is 1240. The zero-order chi connectivity index (χ0) is 29.8. The molecule has 0 spiro atoms. The van der Waals surface area contributed by atoms with E-state index in [4.69, 9.17) is 22.3 Å². The Labute approximate surface area is 228 Å². The molecule has 0 saturated heterocycles. The summed E-state index contributed by atoms with van der Waals surface area (Å²) in [6, 6.07) is 1.47. The number of benzene rings is 1. The van der Waals surface area contributed by atoms with Gasteiger partial charge in [0.25, 0.3) is 0 Å². The first-order valence-electron chi connectivity index (χ1n) is 12.3. The van der Waals surface area contributed by atoms with Gasteiger partial charge in [0.2, 0.25) is 17.7 Å². The average molecular weight is 563 g/mol. The fraction of sp³-hybridized carbons (Fsp3) is 0.417. The van der Waals surface area contributed by atoms with Gasteiger partial charge >= 0.3 is 11.9 Å². The van der Waals surface area contributed by atoms with Gasteiger partial charge in [-0.3, -0.25) is 24.2 Å². The monoisotopic (exact) mass is 562 g/mol. The van der Waals surface area contributed by atoms with Gasteiger partial charge in [-0.2, -0.15) is 0 Å². The SMILES string of the molecule is NC(N)=NCCCC(NC(=O)C(Cc1c[nH]c2ccccc12)NC(=O)C(CO)NC(=O)C(N)CC(=O)O)C(=O)O. The number of nitrogens with zero attached hydrogens (tertiary/aromatic N) is 1. The third kappa shape index (κ3) is 9.55. The van der Waals surface area contributed by atoms with Crippen molar-refractivity contribution in [1.29, 1.82) is 0 Å². The first-order valence-corrected chi connectivity index (χ1v) is 12.3. The number of nitrogens with two attached hydrogens (primary N) is 3. The number of aliphatic imine (C=N–C) groups is 1. The highest BCUT2D eigenvalue weighted by Crippen LogP contribution is 2.19. The van der Waals surface area contributed by atoms with Crippen LogP contribution in [0.3, 0.4) is 0 Å². The summed E-state index contributed by atoms with van der Waals surface area (Å²) in [4.78, 5) is 67.9. The third-order valence-electron chi connectivity index (χ3n) is 5.84. The van der Waals surface area contributed by atoms with E-state index >= 15 is 0 Å². The van der Waals surface area contributed by atoms with Crippen molar-refractivity contribution in [3.05, 3.63) is 36.0 Å². The molecule has 0 aliphatic heterocycles. The Hall–Kier alpha value is -4.70. The standard InChI is InChI=1S/C24H34N8O8/c25-14(9-19(34)35)20(36)32-18(11-33)22(38)31-17(8-12-10-29-15-5-2-1-4-13(12)15)21(37)30-16(23(39)40)6-3-7-28-24(26)27/h1-2,4-5,10,14,16-18,29,33H,3,6-9,11,25H2,(H,30,37)(H,31,38)(H,32,36)(H,34,35)(H,39,40)(H4,26,27,28). The molecule has 13 N–H and O–H groups in total. The fourth-order valence-corrected chi connectivity index (χ4v) is 3.79. The van der Waals surface area contributed by atoms with E-state index in [-0.39, 0.29) is 31.8 Å². The van der Waals surface area contributed by atoms with Gasteiger partial charge in [0.1, 0.15) is 18.1 Å². The molecule has 3 amide bonds. The number of carboxylic acids is 2. The summed E-state index contributed by atoms with van der Waals surface area (Å²) in [5.74, 6) is -5.62. The zero-order valence-electron chi connectivity index (χ0n) is 21.5. The molecule has 4 unspecified atom stereocenters. The molecule has 1 aromatic heterocycles. The van der Waals surface area contributed by atoms with Gasteiger partial charge in [-0.25, -0.2) is 4.79 Å². The molecular formula is C24H34N8O8. The van der Waals surface area contributed by atoms with Crippen molar-refractivity contribution >= 4 is 46.5 Å². The Morgan fingerprint density at radius 2 is 1.55 bits per heavy atom. The summed E-state index contributed by atoms with van der Waals surface area (Å²) in [6.07, 6.45) is 1.08. The highest BCUT2D eigenvalue weighted by atomic mass is 16.4. The molecule has 2 aromatic rings. The number of carboxylic acid groups (broad SMARTS) is 2. The van der Waals surface area contributed by atoms with Crippen molar-refractivity contribution < 1.29 is 39.3 Å². The molecule has 0 aliphatic carbocycles. The van der Waals surface area contributed by atoms with Crippen LogP contribution in [-0.4, -0.2) is 93.2 Å². The molecule has 0 bridgehead atoms. The summed E-state index contributed by atoms with van der Waals surface area (Å²) in [7, 11) is 0. The quantitative estimate of drug-likeness (QED) is 0.0562. The molecule has 0 saturated carbocycles. The van der Waals surface area contributed by atoms with Crippen LogP contribution in [0.1, 0.15) is 24.8 Å². The van der Waals surface area contributed by atoms with Crippen LogP contribution in [0.4, 0.5) is 0 Å². The number of fused-ring (bicyclic) bond motifs is 1. The van der Waals surface area contributed by atoms with Gasteiger partial charge in [0.05, 0.1) is 19.1 Å². The van der Waals surface area contributed by atoms with Crippen LogP contribution in [-0.2, 0) is 30.4 Å². The van der Waals surface area contributed by atoms with E-state index in [1.165, 1.54) is 0 Å². The number of carbonyl (C=O) groups is 5. The van der Waals surface area contributed by atoms with E-state index < -0.39 is 66.9 Å². The van der Waals surface area contributed by atoms with Gasteiger partial charge < -0.3 is 53.5 Å². The van der Waals surface area contributed by atoms with Crippen molar-refractivity contribution in [2.45, 2.75) is 49.9 Å². The van der Waals surface area contributed by atoms with Crippen LogP contribution in [0.5, 0.6) is 0 Å². The lowest BCUT2D eigenvalue weighted by molar-refractivity contribution is -0.142. The van der Waals surface area contributed by atoms with E-state index in [0.717, 1.165) is 10.9 Å². The minimum atomic E-state index is -1.57. The predicted molar refractivity (Wildman–Crippen MR) is 143 cm³/mol. The maximum Gasteiger partial charge on any atom is 0.326 e. The minimum Gasteiger partial charge on any atom is -0.481 e. The Balaban J connectivity index is 2.23. The van der Waals surface area contributed by atoms with E-state index in [1.807, 2.05) is 0 Å². The van der Waals surface area contributed by atoms with Crippen LogP contribution in [0, 0.1) is 0 Å². The molecule has 1 aromatic carbocycles. The second-order valence-electron chi connectivity index (χ2n) is 8.92. The van der Waals surface area contributed by atoms with Crippen molar-refractivity contribution in [1.82, 2.24) is 20.9 Å². The van der Waals surface area contributed by atoms with Gasteiger partial charge in [-0.1, -0.05) is 18.2 Å². The van der Waals surface area contributed by atoms with E-state index in [9.17, 15) is 34.2 Å². The second-order valence-corrected chi connectivity index (χ2v) is 8.92. The number of aliphatic hydroxyl groups is 1. The summed E-state index contributed by atoms with van der Waals surface area (Å²) >= 11 is 0. The van der Waals surface area contributed by atoms with Crippen LogP contribution >= 0.6 is 0 Å². The topological polar surface area (TPSA) is 288 Å². The predicted octanol–water partition coefficient (Wildman–Crippen LogP) is -2.90. The average Bonchev–Trinajstić information content (AvgIpc) is 3.30. The third-order valence-corrected chi connectivity index (χ3v) is 5.84. The van der Waals surface area contributed by atoms with Gasteiger partial charge in [-0.05, 0) is 24.5 Å². The summed E-state index contributed by atoms with van der Waals surface area (Å²) in [5, 5.41) is 35.9. The molecule has 0 fully saturated rings. The molecule has 218 valence electrons. The summed E-state index contributed by atoms with van der Waals surface area (Å²) < 4.78 is 0. The van der Waals surface area contributed by atoms with Crippen LogP contribution in [0.2, 0.25) is 0 Å². The summed E-state index contributed by atoms with van der Waals surface area (Å²) in [6.45, 7) is -0.749. The van der Waals surface area contributed by atoms with Crippen molar-refractivity contribution in [3.63, 3.8) is 0 Å². The highest BCUT2D eigenvalue weighted by molar-refractivity contribution is 5.95. The number of aromatic nitrogens is 1. The molecule has 4 atom stereocenters.